The molecule has 36 heavy (non-hydrogen) atoms. The summed E-state index contributed by atoms with van der Waals surface area (Å²) in [6.45, 7) is 1.91. The highest BCUT2D eigenvalue weighted by Gasteiger charge is 2.35. The molecule has 1 atom stereocenters. The van der Waals surface area contributed by atoms with Crippen molar-refractivity contribution >= 4 is 28.2 Å². The van der Waals surface area contributed by atoms with E-state index >= 15 is 0 Å². The van der Waals surface area contributed by atoms with Crippen molar-refractivity contribution in [2.75, 3.05) is 5.32 Å². The third-order valence-corrected chi connectivity index (χ3v) is 7.19. The summed E-state index contributed by atoms with van der Waals surface area (Å²) in [6, 6.07) is 20.1. The summed E-state index contributed by atoms with van der Waals surface area (Å²) in [5.74, 6) is 0.134. The van der Waals surface area contributed by atoms with Crippen molar-refractivity contribution in [1.29, 1.82) is 0 Å². The number of nitrogens with one attached hydrogen (secondary N) is 1. The maximum Gasteiger partial charge on any atom is 0.331 e. The van der Waals surface area contributed by atoms with E-state index in [1.807, 2.05) is 60.0 Å². The van der Waals surface area contributed by atoms with Gasteiger partial charge in [-0.3, -0.25) is 13.9 Å². The topological polar surface area (TPSA) is 81.2 Å². The highest BCUT2D eigenvalue weighted by Crippen LogP contribution is 2.46. The molecule has 3 aromatic carbocycles. The Bertz CT molecular complexity index is 1810. The molecular formula is C28H23ClN4O3. The lowest BCUT2D eigenvalue weighted by molar-refractivity contribution is 0.465. The number of aromatic hydroxyl groups is 1. The molecule has 0 amide bonds. The van der Waals surface area contributed by atoms with Gasteiger partial charge in [-0.05, 0) is 48.4 Å². The summed E-state index contributed by atoms with van der Waals surface area (Å²) in [6.07, 6.45) is 0. The first kappa shape index (κ1) is 22.2. The van der Waals surface area contributed by atoms with Crippen LogP contribution in [0.5, 0.6) is 5.75 Å². The van der Waals surface area contributed by atoms with Gasteiger partial charge in [-0.15, -0.1) is 0 Å². The van der Waals surface area contributed by atoms with Gasteiger partial charge in [-0.1, -0.05) is 48.0 Å². The Morgan fingerprint density at radius 1 is 0.944 bits per heavy atom. The van der Waals surface area contributed by atoms with E-state index in [-0.39, 0.29) is 11.3 Å². The Morgan fingerprint density at radius 3 is 2.39 bits per heavy atom. The highest BCUT2D eigenvalue weighted by molar-refractivity contribution is 6.30. The van der Waals surface area contributed by atoms with E-state index in [4.69, 9.17) is 11.6 Å². The average Bonchev–Trinajstić information content (AvgIpc) is 3.23. The molecule has 1 aliphatic rings. The normalized spacial score (nSPS) is 14.4. The molecular weight excluding hydrogens is 476 g/mol. The van der Waals surface area contributed by atoms with E-state index in [0.717, 1.165) is 27.1 Å². The molecule has 0 spiro atoms. The molecule has 0 bridgehead atoms. The number of nitrogens with zero attached hydrogens (tertiary/aromatic N) is 3. The molecule has 6 rings (SSSR count). The van der Waals surface area contributed by atoms with Crippen molar-refractivity contribution in [3.8, 4) is 22.7 Å². The van der Waals surface area contributed by atoms with Gasteiger partial charge in [0.15, 0.2) is 0 Å². The van der Waals surface area contributed by atoms with Gasteiger partial charge in [0.2, 0.25) is 0 Å². The molecule has 8 heteroatoms. The van der Waals surface area contributed by atoms with Gasteiger partial charge in [0.05, 0.1) is 39.7 Å². The van der Waals surface area contributed by atoms with E-state index in [1.165, 1.54) is 11.6 Å². The minimum Gasteiger partial charge on any atom is -0.508 e. The second kappa shape index (κ2) is 7.90. The van der Waals surface area contributed by atoms with Crippen LogP contribution in [0.25, 0.3) is 27.8 Å². The minimum atomic E-state index is -0.526. The SMILES string of the molecule is Cc1ccc(C2Nc3ccccc3-n3c(-c4ccc(Cl)cc4)c4c(=O)n(C)c(=O)n(C)c4c32)c(O)c1. The predicted octanol–water partition coefficient (Wildman–Crippen LogP) is 4.88. The molecule has 2 N–H and O–H groups in total. The maximum absolute atomic E-state index is 13.7. The Morgan fingerprint density at radius 2 is 1.67 bits per heavy atom. The Hall–Kier alpha value is -4.23. The fraction of sp³-hybridized carbons (Fsp3) is 0.143. The van der Waals surface area contributed by atoms with Gasteiger partial charge in [0.25, 0.3) is 5.56 Å². The number of rotatable bonds is 2. The van der Waals surface area contributed by atoms with Gasteiger partial charge in [0, 0.05) is 24.7 Å². The molecule has 0 fully saturated rings. The van der Waals surface area contributed by atoms with E-state index in [9.17, 15) is 14.7 Å². The molecule has 1 unspecified atom stereocenters. The van der Waals surface area contributed by atoms with Crippen LogP contribution in [-0.4, -0.2) is 18.8 Å². The van der Waals surface area contributed by atoms with Gasteiger partial charge in [0.1, 0.15) is 5.75 Å². The Kier molecular flexibility index (Phi) is 4.88. The molecule has 180 valence electrons. The van der Waals surface area contributed by atoms with Crippen molar-refractivity contribution in [1.82, 2.24) is 13.7 Å². The first-order valence-corrected chi connectivity index (χ1v) is 11.9. The maximum atomic E-state index is 13.7. The number of phenolic OH excluding ortho intramolecular Hbond substituents is 1. The van der Waals surface area contributed by atoms with Crippen molar-refractivity contribution in [2.45, 2.75) is 13.0 Å². The van der Waals surface area contributed by atoms with Crippen LogP contribution in [-0.2, 0) is 14.1 Å². The van der Waals surface area contributed by atoms with E-state index in [1.54, 1.807) is 25.2 Å². The van der Waals surface area contributed by atoms with Gasteiger partial charge in [-0.25, -0.2) is 4.79 Å². The van der Waals surface area contributed by atoms with Crippen LogP contribution in [0, 0.1) is 6.92 Å². The van der Waals surface area contributed by atoms with Crippen LogP contribution in [0.3, 0.4) is 0 Å². The standard InChI is InChI=1S/C28H23ClN4O3/c1-15-8-13-18(21(34)14-15)23-26-25-22(27(35)32(3)28(36)31(25)2)24(16-9-11-17(29)12-10-16)33(26)20-7-5-4-6-19(20)30-23/h4-14,23,30,34H,1-3H3. The quantitative estimate of drug-likeness (QED) is 0.363. The second-order valence-corrected chi connectivity index (χ2v) is 9.60. The smallest absolute Gasteiger partial charge is 0.331 e. The van der Waals surface area contributed by atoms with Crippen molar-refractivity contribution < 1.29 is 5.11 Å². The first-order valence-electron chi connectivity index (χ1n) is 11.5. The van der Waals surface area contributed by atoms with Crippen molar-refractivity contribution in [2.24, 2.45) is 14.1 Å². The lowest BCUT2D eigenvalue weighted by Crippen LogP contribution is -2.37. The number of aromatic nitrogens is 3. The Labute approximate surface area is 211 Å². The minimum absolute atomic E-state index is 0.134. The predicted molar refractivity (Wildman–Crippen MR) is 143 cm³/mol. The molecule has 7 nitrogen and oxygen atoms in total. The van der Waals surface area contributed by atoms with E-state index in [2.05, 4.69) is 5.32 Å². The molecule has 0 saturated carbocycles. The molecule has 2 aromatic heterocycles. The van der Waals surface area contributed by atoms with Crippen LogP contribution in [0.2, 0.25) is 5.02 Å². The number of hydrogen-bond acceptors (Lipinski definition) is 4. The monoisotopic (exact) mass is 498 g/mol. The van der Waals surface area contributed by atoms with Gasteiger partial charge >= 0.3 is 5.69 Å². The second-order valence-electron chi connectivity index (χ2n) is 9.16. The average molecular weight is 499 g/mol. The highest BCUT2D eigenvalue weighted by atomic mass is 35.5. The van der Waals surface area contributed by atoms with Gasteiger partial charge < -0.3 is 15.0 Å². The molecule has 1 aliphatic heterocycles. The fourth-order valence-corrected chi connectivity index (χ4v) is 5.36. The number of para-hydroxylation sites is 2. The lowest BCUT2D eigenvalue weighted by Gasteiger charge is -2.31. The van der Waals surface area contributed by atoms with Gasteiger partial charge in [-0.2, -0.15) is 0 Å². The molecule has 0 radical (unpaired) electrons. The Balaban J connectivity index is 1.86. The third kappa shape index (κ3) is 3.06. The van der Waals surface area contributed by atoms with Crippen LogP contribution < -0.4 is 16.6 Å². The molecule has 5 aromatic rings. The molecule has 0 saturated heterocycles. The summed E-state index contributed by atoms with van der Waals surface area (Å²) in [4.78, 5) is 26.8. The summed E-state index contributed by atoms with van der Waals surface area (Å²) >= 11 is 6.20. The van der Waals surface area contributed by atoms with Crippen LogP contribution in [0.4, 0.5) is 5.69 Å². The number of phenols is 1. The number of aryl methyl sites for hydroxylation is 2. The summed E-state index contributed by atoms with van der Waals surface area (Å²) in [7, 11) is 3.16. The number of hydrogen-bond donors (Lipinski definition) is 2. The number of fused-ring (bicyclic) bond motifs is 5. The van der Waals surface area contributed by atoms with E-state index < -0.39 is 11.7 Å². The van der Waals surface area contributed by atoms with E-state index in [0.29, 0.717) is 32.9 Å². The number of halogens is 1. The summed E-state index contributed by atoms with van der Waals surface area (Å²) in [5, 5.41) is 15.5. The van der Waals surface area contributed by atoms with Crippen LogP contribution >= 0.6 is 11.6 Å². The summed E-state index contributed by atoms with van der Waals surface area (Å²) < 4.78 is 4.67. The zero-order chi connectivity index (χ0) is 25.3. The zero-order valence-electron chi connectivity index (χ0n) is 19.9. The zero-order valence-corrected chi connectivity index (χ0v) is 20.7. The number of anilines is 1. The summed E-state index contributed by atoms with van der Waals surface area (Å²) in [5.41, 5.74) is 5.11. The van der Waals surface area contributed by atoms with Crippen LogP contribution in [0.1, 0.15) is 22.9 Å². The van der Waals surface area contributed by atoms with Crippen LogP contribution in [0.15, 0.2) is 76.3 Å². The lowest BCUT2D eigenvalue weighted by atomic mass is 9.97. The first-order chi connectivity index (χ1) is 17.3. The van der Waals surface area contributed by atoms with Crippen molar-refractivity contribution in [3.05, 3.63) is 109 Å². The largest absolute Gasteiger partial charge is 0.508 e. The number of benzene rings is 3. The van der Waals surface area contributed by atoms with Crippen molar-refractivity contribution in [3.63, 3.8) is 0 Å². The third-order valence-electron chi connectivity index (χ3n) is 6.94. The molecule has 3 heterocycles. The fourth-order valence-electron chi connectivity index (χ4n) is 5.23. The molecule has 0 aliphatic carbocycles.